The fraction of sp³-hybridized carbons (Fsp3) is 0.556. The summed E-state index contributed by atoms with van der Waals surface area (Å²) in [6, 6.07) is 9.51. The molecule has 1 aromatic rings. The number of amides is 3. The van der Waals surface area contributed by atoms with Gasteiger partial charge in [-0.05, 0) is 37.3 Å². The smallest absolute Gasteiger partial charge is 0.321 e. The number of urea groups is 1. The van der Waals surface area contributed by atoms with E-state index < -0.39 is 0 Å². The number of likely N-dealkylation sites (tertiary alicyclic amines) is 1. The van der Waals surface area contributed by atoms with Gasteiger partial charge < -0.3 is 10.2 Å². The van der Waals surface area contributed by atoms with Crippen LogP contribution in [0.4, 0.5) is 10.5 Å². The van der Waals surface area contributed by atoms with Crippen molar-refractivity contribution in [2.24, 2.45) is 5.92 Å². The predicted octanol–water partition coefficient (Wildman–Crippen LogP) is 3.39. The quantitative estimate of drug-likeness (QED) is 0.406. The molecule has 0 atom stereocenters. The molecular weight excluding hydrogens is 306 g/mol. The highest BCUT2D eigenvalue weighted by molar-refractivity contribution is 5.89. The molecule has 132 valence electrons. The van der Waals surface area contributed by atoms with Crippen molar-refractivity contribution in [2.75, 3.05) is 18.4 Å². The van der Waals surface area contributed by atoms with Gasteiger partial charge in [-0.25, -0.2) is 10.3 Å². The summed E-state index contributed by atoms with van der Waals surface area (Å²) in [4.78, 5) is 25.0. The number of anilines is 1. The van der Waals surface area contributed by atoms with Gasteiger partial charge in [0.05, 0.1) is 0 Å². The summed E-state index contributed by atoms with van der Waals surface area (Å²) in [6.07, 6.45) is 6.52. The summed E-state index contributed by atoms with van der Waals surface area (Å²) >= 11 is 0. The second-order valence-corrected chi connectivity index (χ2v) is 6.36. The van der Waals surface area contributed by atoms with E-state index in [0.717, 1.165) is 57.3 Å². The molecule has 1 fully saturated rings. The van der Waals surface area contributed by atoms with Gasteiger partial charge in [0.15, 0.2) is 0 Å². The number of carbonyl (C=O) groups excluding carboxylic acids is 2. The minimum atomic E-state index is -0.312. The zero-order valence-corrected chi connectivity index (χ0v) is 14.0. The minimum Gasteiger partial charge on any atom is -0.325 e. The van der Waals surface area contributed by atoms with E-state index in [1.165, 1.54) is 0 Å². The van der Waals surface area contributed by atoms with Gasteiger partial charge in [0.1, 0.15) is 0 Å². The highest BCUT2D eigenvalue weighted by Crippen LogP contribution is 2.23. The molecule has 2 rings (SSSR count). The van der Waals surface area contributed by atoms with Gasteiger partial charge >= 0.3 is 6.03 Å². The van der Waals surface area contributed by atoms with Crippen LogP contribution in [0.3, 0.4) is 0 Å². The molecular formula is C18H27N3O3. The predicted molar refractivity (Wildman–Crippen MR) is 92.8 cm³/mol. The Kier molecular flexibility index (Phi) is 7.55. The Balaban J connectivity index is 1.59. The highest BCUT2D eigenvalue weighted by Gasteiger charge is 2.22. The Labute approximate surface area is 143 Å². The van der Waals surface area contributed by atoms with Gasteiger partial charge in [-0.1, -0.05) is 37.5 Å². The standard InChI is InChI=1S/C18H27N3O3/c22-17(20-24)10-6-1-3-7-15-11-13-21(14-12-15)18(23)19-16-8-4-2-5-9-16/h2,4-5,8-9,15,24H,1,3,6-7,10-14H2,(H,19,23)(H,20,22). The van der Waals surface area contributed by atoms with E-state index in [1.807, 2.05) is 35.2 Å². The van der Waals surface area contributed by atoms with E-state index in [0.29, 0.717) is 12.3 Å². The number of hydrogen-bond donors (Lipinski definition) is 3. The third-order valence-corrected chi connectivity index (χ3v) is 4.57. The van der Waals surface area contributed by atoms with Crippen molar-refractivity contribution < 1.29 is 14.8 Å². The lowest BCUT2D eigenvalue weighted by Crippen LogP contribution is -2.41. The number of piperidine rings is 1. The van der Waals surface area contributed by atoms with E-state index in [-0.39, 0.29) is 11.9 Å². The lowest BCUT2D eigenvalue weighted by atomic mass is 9.91. The molecule has 0 aromatic heterocycles. The number of nitrogens with zero attached hydrogens (tertiary/aromatic N) is 1. The third-order valence-electron chi connectivity index (χ3n) is 4.57. The van der Waals surface area contributed by atoms with Crippen LogP contribution in [0.2, 0.25) is 0 Å². The first-order valence-electron chi connectivity index (χ1n) is 8.73. The van der Waals surface area contributed by atoms with Crippen LogP contribution in [-0.4, -0.2) is 35.1 Å². The van der Waals surface area contributed by atoms with Crippen molar-refractivity contribution in [3.8, 4) is 0 Å². The fourth-order valence-electron chi connectivity index (χ4n) is 3.10. The summed E-state index contributed by atoms with van der Waals surface area (Å²) < 4.78 is 0. The summed E-state index contributed by atoms with van der Waals surface area (Å²) in [5, 5.41) is 11.4. The Morgan fingerprint density at radius 1 is 1.08 bits per heavy atom. The maximum absolute atomic E-state index is 12.2. The molecule has 6 heteroatoms. The Morgan fingerprint density at radius 3 is 2.46 bits per heavy atom. The van der Waals surface area contributed by atoms with Crippen LogP contribution in [0.1, 0.15) is 44.9 Å². The topological polar surface area (TPSA) is 81.7 Å². The zero-order valence-electron chi connectivity index (χ0n) is 14.0. The number of rotatable bonds is 7. The van der Waals surface area contributed by atoms with Gasteiger partial charge in [-0.2, -0.15) is 0 Å². The highest BCUT2D eigenvalue weighted by atomic mass is 16.5. The van der Waals surface area contributed by atoms with Crippen LogP contribution in [0.15, 0.2) is 30.3 Å². The molecule has 1 aliphatic heterocycles. The van der Waals surface area contributed by atoms with Crippen LogP contribution in [0.5, 0.6) is 0 Å². The largest absolute Gasteiger partial charge is 0.325 e. The third kappa shape index (κ3) is 6.20. The van der Waals surface area contributed by atoms with Gasteiger partial charge in [0.25, 0.3) is 0 Å². The summed E-state index contributed by atoms with van der Waals surface area (Å²) in [5.41, 5.74) is 2.49. The first kappa shape index (κ1) is 18.3. The number of carbonyl (C=O) groups is 2. The molecule has 3 amide bonds. The maximum atomic E-state index is 12.2. The molecule has 1 aliphatic rings. The van der Waals surface area contributed by atoms with Gasteiger partial charge in [-0.15, -0.1) is 0 Å². The van der Waals surface area contributed by atoms with E-state index >= 15 is 0 Å². The normalized spacial score (nSPS) is 15.1. The first-order valence-corrected chi connectivity index (χ1v) is 8.73. The lowest BCUT2D eigenvalue weighted by Gasteiger charge is -2.32. The monoisotopic (exact) mass is 333 g/mol. The van der Waals surface area contributed by atoms with Crippen molar-refractivity contribution in [3.05, 3.63) is 30.3 Å². The SMILES string of the molecule is O=C(CCCCCC1CCN(C(=O)Nc2ccccc2)CC1)NO. The van der Waals surface area contributed by atoms with Crippen molar-refractivity contribution in [1.82, 2.24) is 10.4 Å². The van der Waals surface area contributed by atoms with Crippen LogP contribution in [0.25, 0.3) is 0 Å². The molecule has 0 radical (unpaired) electrons. The van der Waals surface area contributed by atoms with Crippen molar-refractivity contribution in [2.45, 2.75) is 44.9 Å². The van der Waals surface area contributed by atoms with E-state index in [1.54, 1.807) is 5.48 Å². The van der Waals surface area contributed by atoms with Crippen molar-refractivity contribution in [3.63, 3.8) is 0 Å². The molecule has 0 spiro atoms. The van der Waals surface area contributed by atoms with Crippen molar-refractivity contribution in [1.29, 1.82) is 0 Å². The average molecular weight is 333 g/mol. The van der Waals surface area contributed by atoms with Gasteiger partial charge in [0.2, 0.25) is 5.91 Å². The van der Waals surface area contributed by atoms with Crippen molar-refractivity contribution >= 4 is 17.6 Å². The molecule has 0 bridgehead atoms. The molecule has 0 unspecified atom stereocenters. The summed E-state index contributed by atoms with van der Waals surface area (Å²) in [6.45, 7) is 1.60. The summed E-state index contributed by atoms with van der Waals surface area (Å²) in [7, 11) is 0. The second kappa shape index (κ2) is 9.93. The van der Waals surface area contributed by atoms with Crippen LogP contribution in [-0.2, 0) is 4.79 Å². The fourth-order valence-corrected chi connectivity index (χ4v) is 3.10. The average Bonchev–Trinajstić information content (AvgIpc) is 2.62. The second-order valence-electron chi connectivity index (χ2n) is 6.36. The van der Waals surface area contributed by atoms with Gasteiger partial charge in [0, 0.05) is 25.2 Å². The molecule has 1 saturated heterocycles. The number of benzene rings is 1. The number of hydroxylamine groups is 1. The Hall–Kier alpha value is -2.08. The van der Waals surface area contributed by atoms with E-state index in [9.17, 15) is 9.59 Å². The first-order chi connectivity index (χ1) is 11.7. The molecule has 6 nitrogen and oxygen atoms in total. The summed E-state index contributed by atoms with van der Waals surface area (Å²) in [5.74, 6) is 0.352. The molecule has 1 aromatic carbocycles. The maximum Gasteiger partial charge on any atom is 0.321 e. The van der Waals surface area contributed by atoms with Gasteiger partial charge in [-0.3, -0.25) is 10.0 Å². The van der Waals surface area contributed by atoms with Crippen LogP contribution < -0.4 is 10.8 Å². The zero-order chi connectivity index (χ0) is 17.2. The number of unbranched alkanes of at least 4 members (excludes halogenated alkanes) is 2. The number of hydrogen-bond acceptors (Lipinski definition) is 3. The van der Waals surface area contributed by atoms with E-state index in [4.69, 9.17) is 5.21 Å². The molecule has 24 heavy (non-hydrogen) atoms. The Morgan fingerprint density at radius 2 is 1.79 bits per heavy atom. The van der Waals surface area contributed by atoms with Crippen LogP contribution in [0, 0.1) is 5.92 Å². The number of para-hydroxylation sites is 1. The molecule has 1 heterocycles. The Bertz CT molecular complexity index is 514. The molecule has 0 aliphatic carbocycles. The molecule has 0 saturated carbocycles. The lowest BCUT2D eigenvalue weighted by molar-refractivity contribution is -0.129. The molecule has 3 N–H and O–H groups in total. The van der Waals surface area contributed by atoms with Crippen LogP contribution >= 0.6 is 0 Å². The minimum absolute atomic E-state index is 0.0188. The number of nitrogens with one attached hydrogen (secondary N) is 2. The van der Waals surface area contributed by atoms with E-state index in [2.05, 4.69) is 5.32 Å².